The van der Waals surface area contributed by atoms with E-state index in [1.54, 1.807) is 20.0 Å². The lowest BCUT2D eigenvalue weighted by molar-refractivity contribution is 0.546. The maximum Gasteiger partial charge on any atom is 0.244 e. The zero-order chi connectivity index (χ0) is 14.0. The number of aryl methyl sites for hydroxylation is 1. The van der Waals surface area contributed by atoms with Gasteiger partial charge in [0.2, 0.25) is 10.0 Å². The van der Waals surface area contributed by atoms with Crippen LogP contribution in [0.1, 0.15) is 24.1 Å². The molecule has 0 saturated heterocycles. The van der Waals surface area contributed by atoms with Crippen LogP contribution in [0.5, 0.6) is 0 Å². The van der Waals surface area contributed by atoms with Crippen molar-refractivity contribution in [2.75, 3.05) is 0 Å². The summed E-state index contributed by atoms with van der Waals surface area (Å²) < 4.78 is 40.3. The van der Waals surface area contributed by atoms with Crippen LogP contribution in [0.15, 0.2) is 35.5 Å². The average molecular weight is 283 g/mol. The van der Waals surface area contributed by atoms with Gasteiger partial charge >= 0.3 is 0 Å². The fourth-order valence-corrected chi connectivity index (χ4v) is 3.07. The van der Waals surface area contributed by atoms with Crippen LogP contribution in [0, 0.1) is 12.7 Å². The number of rotatable bonds is 4. The number of aromatic amines is 1. The predicted octanol–water partition coefficient (Wildman–Crippen LogP) is 1.90. The Morgan fingerprint density at radius 2 is 2.16 bits per heavy atom. The van der Waals surface area contributed by atoms with Crippen LogP contribution < -0.4 is 4.72 Å². The molecule has 0 bridgehead atoms. The molecule has 2 rings (SSSR count). The van der Waals surface area contributed by atoms with Crippen LogP contribution in [0.3, 0.4) is 0 Å². The third-order valence-electron chi connectivity index (χ3n) is 2.73. The molecule has 1 aromatic heterocycles. The first-order valence-corrected chi connectivity index (χ1v) is 7.15. The van der Waals surface area contributed by atoms with Crippen molar-refractivity contribution in [3.05, 3.63) is 47.5 Å². The number of aromatic nitrogens is 2. The highest BCUT2D eigenvalue weighted by Crippen LogP contribution is 2.19. The highest BCUT2D eigenvalue weighted by molar-refractivity contribution is 7.89. The summed E-state index contributed by atoms with van der Waals surface area (Å²) in [7, 11) is -3.91. The maximum absolute atomic E-state index is 13.6. The van der Waals surface area contributed by atoms with Gasteiger partial charge in [-0.25, -0.2) is 17.5 Å². The topological polar surface area (TPSA) is 74.8 Å². The van der Waals surface area contributed by atoms with Gasteiger partial charge in [0.05, 0.1) is 6.20 Å². The monoisotopic (exact) mass is 283 g/mol. The Morgan fingerprint density at radius 3 is 2.79 bits per heavy atom. The summed E-state index contributed by atoms with van der Waals surface area (Å²) in [5.41, 5.74) is 1.36. The number of H-pyrrole nitrogens is 1. The van der Waals surface area contributed by atoms with Gasteiger partial charge in [-0.15, -0.1) is 0 Å². The van der Waals surface area contributed by atoms with E-state index in [1.807, 2.05) is 0 Å². The van der Waals surface area contributed by atoms with E-state index in [0.29, 0.717) is 11.1 Å². The van der Waals surface area contributed by atoms with Gasteiger partial charge in [-0.3, -0.25) is 5.10 Å². The fraction of sp³-hybridized carbons (Fsp3) is 0.250. The molecule has 0 aliphatic heterocycles. The highest BCUT2D eigenvalue weighted by Gasteiger charge is 2.22. The largest absolute Gasteiger partial charge is 0.285 e. The van der Waals surface area contributed by atoms with Crippen molar-refractivity contribution in [2.45, 2.75) is 24.8 Å². The number of halogens is 1. The van der Waals surface area contributed by atoms with Crippen LogP contribution in [0.25, 0.3) is 0 Å². The number of benzene rings is 1. The van der Waals surface area contributed by atoms with Gasteiger partial charge in [-0.1, -0.05) is 6.07 Å². The average Bonchev–Trinajstić information content (AvgIpc) is 2.85. The Hall–Kier alpha value is -1.73. The van der Waals surface area contributed by atoms with E-state index < -0.39 is 21.9 Å². The van der Waals surface area contributed by atoms with Crippen molar-refractivity contribution in [3.63, 3.8) is 0 Å². The van der Waals surface area contributed by atoms with Crippen LogP contribution in [0.2, 0.25) is 0 Å². The van der Waals surface area contributed by atoms with Gasteiger partial charge in [-0.05, 0) is 31.5 Å². The summed E-state index contributed by atoms with van der Waals surface area (Å²) in [5, 5.41) is 6.34. The van der Waals surface area contributed by atoms with Gasteiger partial charge in [0.1, 0.15) is 10.7 Å². The first kappa shape index (κ1) is 13.7. The van der Waals surface area contributed by atoms with Crippen molar-refractivity contribution in [3.8, 4) is 0 Å². The van der Waals surface area contributed by atoms with Gasteiger partial charge in [0.25, 0.3) is 0 Å². The minimum Gasteiger partial charge on any atom is -0.285 e. The summed E-state index contributed by atoms with van der Waals surface area (Å²) >= 11 is 0. The quantitative estimate of drug-likeness (QED) is 0.900. The Bertz CT molecular complexity index is 668. The molecule has 0 spiro atoms. The Kier molecular flexibility index (Phi) is 3.68. The molecular formula is C12H14FN3O2S. The van der Waals surface area contributed by atoms with E-state index in [-0.39, 0.29) is 4.90 Å². The van der Waals surface area contributed by atoms with Crippen molar-refractivity contribution >= 4 is 10.0 Å². The summed E-state index contributed by atoms with van der Waals surface area (Å²) in [6.07, 6.45) is 3.10. The summed E-state index contributed by atoms with van der Waals surface area (Å²) in [6, 6.07) is 3.48. The molecule has 1 aromatic carbocycles. The van der Waals surface area contributed by atoms with E-state index >= 15 is 0 Å². The molecule has 1 unspecified atom stereocenters. The SMILES string of the molecule is Cc1ccc(F)c(S(=O)(=O)NC(C)c2cn[nH]c2)c1. The molecule has 0 amide bonds. The second kappa shape index (κ2) is 5.10. The first-order valence-electron chi connectivity index (χ1n) is 5.67. The number of sulfonamides is 1. The minimum atomic E-state index is -3.91. The molecule has 0 aliphatic rings. The second-order valence-corrected chi connectivity index (χ2v) is 5.99. The fourth-order valence-electron chi connectivity index (χ4n) is 1.68. The molecule has 0 fully saturated rings. The van der Waals surface area contributed by atoms with Crippen LogP contribution in [0.4, 0.5) is 4.39 Å². The van der Waals surface area contributed by atoms with Crippen LogP contribution in [-0.4, -0.2) is 18.6 Å². The predicted molar refractivity (Wildman–Crippen MR) is 68.5 cm³/mol. The van der Waals surface area contributed by atoms with Crippen molar-refractivity contribution in [2.24, 2.45) is 0 Å². The first-order chi connectivity index (χ1) is 8.90. The number of nitrogens with zero attached hydrogens (tertiary/aromatic N) is 1. The number of nitrogens with one attached hydrogen (secondary N) is 2. The molecule has 7 heteroatoms. The summed E-state index contributed by atoms with van der Waals surface area (Å²) in [6.45, 7) is 3.37. The zero-order valence-electron chi connectivity index (χ0n) is 10.5. The van der Waals surface area contributed by atoms with E-state index in [9.17, 15) is 12.8 Å². The maximum atomic E-state index is 13.6. The molecular weight excluding hydrogens is 269 g/mol. The van der Waals surface area contributed by atoms with Gasteiger partial charge in [-0.2, -0.15) is 5.10 Å². The minimum absolute atomic E-state index is 0.345. The van der Waals surface area contributed by atoms with E-state index in [0.717, 1.165) is 6.07 Å². The number of hydrogen-bond donors (Lipinski definition) is 2. The van der Waals surface area contributed by atoms with Crippen molar-refractivity contribution in [1.82, 2.24) is 14.9 Å². The van der Waals surface area contributed by atoms with Gasteiger partial charge < -0.3 is 0 Å². The standard InChI is InChI=1S/C12H14FN3O2S/c1-8-3-4-11(13)12(5-8)19(17,18)16-9(2)10-6-14-15-7-10/h3-7,9,16H,1-2H3,(H,14,15). The van der Waals surface area contributed by atoms with E-state index in [1.165, 1.54) is 18.3 Å². The summed E-state index contributed by atoms with van der Waals surface area (Å²) in [5.74, 6) is -0.766. The van der Waals surface area contributed by atoms with Crippen molar-refractivity contribution < 1.29 is 12.8 Å². The molecule has 19 heavy (non-hydrogen) atoms. The third kappa shape index (κ3) is 2.99. The van der Waals surface area contributed by atoms with Gasteiger partial charge in [0, 0.05) is 17.8 Å². The smallest absolute Gasteiger partial charge is 0.244 e. The molecule has 5 nitrogen and oxygen atoms in total. The molecule has 1 atom stereocenters. The zero-order valence-corrected chi connectivity index (χ0v) is 11.3. The molecule has 1 heterocycles. The van der Waals surface area contributed by atoms with Crippen LogP contribution >= 0.6 is 0 Å². The van der Waals surface area contributed by atoms with E-state index in [2.05, 4.69) is 14.9 Å². The third-order valence-corrected chi connectivity index (χ3v) is 4.28. The lowest BCUT2D eigenvalue weighted by Crippen LogP contribution is -2.27. The highest BCUT2D eigenvalue weighted by atomic mass is 32.2. The molecule has 0 aliphatic carbocycles. The molecule has 2 N–H and O–H groups in total. The van der Waals surface area contributed by atoms with Crippen molar-refractivity contribution in [1.29, 1.82) is 0 Å². The summed E-state index contributed by atoms with van der Waals surface area (Å²) in [4.78, 5) is -0.345. The van der Waals surface area contributed by atoms with Crippen LogP contribution in [-0.2, 0) is 10.0 Å². The molecule has 0 saturated carbocycles. The lowest BCUT2D eigenvalue weighted by atomic mass is 10.2. The lowest BCUT2D eigenvalue weighted by Gasteiger charge is -2.13. The number of hydrogen-bond acceptors (Lipinski definition) is 3. The Morgan fingerprint density at radius 1 is 1.42 bits per heavy atom. The Balaban J connectivity index is 2.30. The van der Waals surface area contributed by atoms with Gasteiger partial charge in [0.15, 0.2) is 0 Å². The van der Waals surface area contributed by atoms with E-state index in [4.69, 9.17) is 0 Å². The molecule has 2 aromatic rings. The molecule has 0 radical (unpaired) electrons. The second-order valence-electron chi connectivity index (χ2n) is 4.31. The Labute approximate surface area is 110 Å². The normalized spacial score (nSPS) is 13.4. The molecule has 102 valence electrons.